The van der Waals surface area contributed by atoms with Crippen LogP contribution in [0.25, 0.3) is 0 Å². The maximum atomic E-state index is 12.0. The third-order valence-electron chi connectivity index (χ3n) is 3.53. The Kier molecular flexibility index (Phi) is 7.46. The standard InChI is InChI=1S/C17H20N2O6S/c1-24-15(21)7-4-8-18-14(20)10-25-16(22)9-13-17(23)19-11-5-2-3-6-12(11)26-13/h2-3,5-6,13H,4,7-10H2,1H3,(H,18,20)(H,19,23)/t13-/m0/s1. The molecule has 2 rings (SSSR count). The van der Waals surface area contributed by atoms with Gasteiger partial charge in [0, 0.05) is 17.9 Å². The summed E-state index contributed by atoms with van der Waals surface area (Å²) in [6.07, 6.45) is 0.511. The summed E-state index contributed by atoms with van der Waals surface area (Å²) in [4.78, 5) is 47.3. The largest absolute Gasteiger partial charge is 0.469 e. The van der Waals surface area contributed by atoms with Crippen LogP contribution in [0.2, 0.25) is 0 Å². The summed E-state index contributed by atoms with van der Waals surface area (Å²) >= 11 is 1.29. The minimum absolute atomic E-state index is 0.125. The molecule has 2 N–H and O–H groups in total. The number of esters is 2. The second-order valence-corrected chi connectivity index (χ2v) is 6.73. The molecule has 0 spiro atoms. The number of hydrogen-bond donors (Lipinski definition) is 2. The minimum atomic E-state index is -0.623. The number of thioether (sulfide) groups is 1. The fourth-order valence-electron chi connectivity index (χ4n) is 2.20. The van der Waals surface area contributed by atoms with Gasteiger partial charge in [-0.15, -0.1) is 11.8 Å². The third kappa shape index (κ3) is 6.07. The molecule has 0 bridgehead atoms. The summed E-state index contributed by atoms with van der Waals surface area (Å²) < 4.78 is 9.39. The Labute approximate surface area is 155 Å². The Morgan fingerprint density at radius 3 is 2.77 bits per heavy atom. The summed E-state index contributed by atoms with van der Waals surface area (Å²) in [5.41, 5.74) is 0.721. The van der Waals surface area contributed by atoms with Crippen molar-refractivity contribution in [3.63, 3.8) is 0 Å². The Hall–Kier alpha value is -2.55. The number of nitrogens with one attached hydrogen (secondary N) is 2. The number of ether oxygens (including phenoxy) is 2. The van der Waals surface area contributed by atoms with Crippen LogP contribution in [0.3, 0.4) is 0 Å². The Morgan fingerprint density at radius 1 is 1.23 bits per heavy atom. The first kappa shape index (κ1) is 19.8. The molecule has 2 amide bonds. The SMILES string of the molecule is COC(=O)CCCNC(=O)COC(=O)C[C@@H]1Sc2ccccc2NC1=O. The zero-order chi connectivity index (χ0) is 18.9. The molecule has 1 aliphatic heterocycles. The van der Waals surface area contributed by atoms with Crippen LogP contribution < -0.4 is 10.6 Å². The molecule has 1 atom stereocenters. The van der Waals surface area contributed by atoms with E-state index in [1.54, 1.807) is 6.07 Å². The molecule has 140 valence electrons. The van der Waals surface area contributed by atoms with Crippen molar-refractivity contribution in [3.8, 4) is 0 Å². The molecule has 1 aromatic carbocycles. The van der Waals surface area contributed by atoms with E-state index in [-0.39, 0.29) is 31.3 Å². The second-order valence-electron chi connectivity index (χ2n) is 5.49. The number of amides is 2. The number of rotatable bonds is 8. The van der Waals surface area contributed by atoms with Gasteiger partial charge in [-0.25, -0.2) is 0 Å². The topological polar surface area (TPSA) is 111 Å². The van der Waals surface area contributed by atoms with Gasteiger partial charge >= 0.3 is 11.9 Å². The average molecular weight is 380 g/mol. The highest BCUT2D eigenvalue weighted by Gasteiger charge is 2.29. The van der Waals surface area contributed by atoms with Crippen LogP contribution in [0, 0.1) is 0 Å². The Bertz CT molecular complexity index is 694. The van der Waals surface area contributed by atoms with Crippen LogP contribution in [0.15, 0.2) is 29.2 Å². The Morgan fingerprint density at radius 2 is 2.00 bits per heavy atom. The number of benzene rings is 1. The number of carbonyl (C=O) groups is 4. The molecule has 9 heteroatoms. The molecule has 26 heavy (non-hydrogen) atoms. The molecule has 0 aromatic heterocycles. The van der Waals surface area contributed by atoms with Crippen LogP contribution in [-0.2, 0) is 28.7 Å². The van der Waals surface area contributed by atoms with E-state index in [0.29, 0.717) is 6.42 Å². The quantitative estimate of drug-likeness (QED) is 0.513. The van der Waals surface area contributed by atoms with E-state index in [1.807, 2.05) is 18.2 Å². The van der Waals surface area contributed by atoms with Crippen LogP contribution in [-0.4, -0.2) is 49.3 Å². The highest BCUT2D eigenvalue weighted by Crippen LogP contribution is 2.36. The molecule has 1 heterocycles. The normalized spacial score (nSPS) is 15.4. The molecule has 0 fully saturated rings. The van der Waals surface area contributed by atoms with E-state index in [4.69, 9.17) is 4.74 Å². The summed E-state index contributed by atoms with van der Waals surface area (Å²) in [7, 11) is 1.30. The summed E-state index contributed by atoms with van der Waals surface area (Å²) in [5.74, 6) is -1.70. The molecular formula is C17H20N2O6S. The van der Waals surface area contributed by atoms with Crippen LogP contribution in [0.1, 0.15) is 19.3 Å². The molecule has 0 aliphatic carbocycles. The van der Waals surface area contributed by atoms with Gasteiger partial charge in [0.2, 0.25) is 5.91 Å². The third-order valence-corrected chi connectivity index (χ3v) is 4.81. The van der Waals surface area contributed by atoms with Crippen molar-refractivity contribution >= 4 is 41.2 Å². The van der Waals surface area contributed by atoms with Crippen LogP contribution in [0.5, 0.6) is 0 Å². The van der Waals surface area contributed by atoms with Gasteiger partial charge < -0.3 is 20.1 Å². The first-order chi connectivity index (χ1) is 12.5. The van der Waals surface area contributed by atoms with E-state index < -0.39 is 23.7 Å². The zero-order valence-electron chi connectivity index (χ0n) is 14.3. The molecule has 0 saturated carbocycles. The lowest BCUT2D eigenvalue weighted by Crippen LogP contribution is -2.33. The van der Waals surface area contributed by atoms with Crippen molar-refractivity contribution in [1.29, 1.82) is 0 Å². The fraction of sp³-hybridized carbons (Fsp3) is 0.412. The van der Waals surface area contributed by atoms with Gasteiger partial charge in [-0.2, -0.15) is 0 Å². The van der Waals surface area contributed by atoms with Crippen molar-refractivity contribution in [1.82, 2.24) is 5.32 Å². The van der Waals surface area contributed by atoms with E-state index >= 15 is 0 Å². The lowest BCUT2D eigenvalue weighted by atomic mass is 10.2. The van der Waals surface area contributed by atoms with Gasteiger partial charge in [-0.3, -0.25) is 19.2 Å². The van der Waals surface area contributed by atoms with Gasteiger partial charge in [-0.05, 0) is 18.6 Å². The van der Waals surface area contributed by atoms with Crippen molar-refractivity contribution in [2.24, 2.45) is 0 Å². The number of hydrogen-bond acceptors (Lipinski definition) is 7. The van der Waals surface area contributed by atoms with E-state index in [1.165, 1.54) is 18.9 Å². The first-order valence-corrected chi connectivity index (χ1v) is 8.93. The molecule has 1 aliphatic rings. The van der Waals surface area contributed by atoms with Crippen LogP contribution in [0.4, 0.5) is 5.69 Å². The summed E-state index contributed by atoms with van der Waals surface area (Å²) in [5, 5.41) is 4.68. The fourth-order valence-corrected chi connectivity index (χ4v) is 3.29. The van der Waals surface area contributed by atoms with Crippen molar-refractivity contribution in [3.05, 3.63) is 24.3 Å². The Balaban J connectivity index is 1.68. The number of fused-ring (bicyclic) bond motifs is 1. The van der Waals surface area contributed by atoms with Crippen molar-refractivity contribution in [2.45, 2.75) is 29.4 Å². The molecule has 8 nitrogen and oxygen atoms in total. The number of carbonyl (C=O) groups excluding carboxylic acids is 4. The molecule has 1 aromatic rings. The van der Waals surface area contributed by atoms with E-state index in [9.17, 15) is 19.2 Å². The van der Waals surface area contributed by atoms with Crippen molar-refractivity contribution in [2.75, 3.05) is 25.6 Å². The second kappa shape index (κ2) is 9.81. The van der Waals surface area contributed by atoms with E-state index in [2.05, 4.69) is 15.4 Å². The maximum absolute atomic E-state index is 12.0. The molecule has 0 unspecified atom stereocenters. The molecule has 0 saturated heterocycles. The summed E-state index contributed by atoms with van der Waals surface area (Å²) in [6, 6.07) is 7.32. The van der Waals surface area contributed by atoms with Crippen molar-refractivity contribution < 1.29 is 28.7 Å². The van der Waals surface area contributed by atoms with Gasteiger partial charge in [0.15, 0.2) is 6.61 Å². The van der Waals surface area contributed by atoms with Gasteiger partial charge in [0.1, 0.15) is 0 Å². The molecular weight excluding hydrogens is 360 g/mol. The first-order valence-electron chi connectivity index (χ1n) is 8.05. The highest BCUT2D eigenvalue weighted by molar-refractivity contribution is 8.01. The lowest BCUT2D eigenvalue weighted by Gasteiger charge is -2.23. The molecule has 0 radical (unpaired) electrons. The number of methoxy groups -OCH3 is 1. The number of para-hydroxylation sites is 1. The highest BCUT2D eigenvalue weighted by atomic mass is 32.2. The zero-order valence-corrected chi connectivity index (χ0v) is 15.1. The monoisotopic (exact) mass is 380 g/mol. The van der Waals surface area contributed by atoms with Crippen LogP contribution >= 0.6 is 11.8 Å². The predicted molar refractivity (Wildman–Crippen MR) is 94.6 cm³/mol. The predicted octanol–water partition coefficient (Wildman–Crippen LogP) is 1.10. The smallest absolute Gasteiger partial charge is 0.307 e. The number of anilines is 1. The average Bonchev–Trinajstić information content (AvgIpc) is 2.64. The van der Waals surface area contributed by atoms with Gasteiger partial charge in [0.25, 0.3) is 5.91 Å². The summed E-state index contributed by atoms with van der Waals surface area (Å²) in [6.45, 7) is -0.143. The van der Waals surface area contributed by atoms with Gasteiger partial charge in [-0.1, -0.05) is 12.1 Å². The van der Waals surface area contributed by atoms with Gasteiger partial charge in [0.05, 0.1) is 24.5 Å². The van der Waals surface area contributed by atoms with E-state index in [0.717, 1.165) is 10.6 Å². The minimum Gasteiger partial charge on any atom is -0.469 e. The lowest BCUT2D eigenvalue weighted by molar-refractivity contribution is -0.149. The maximum Gasteiger partial charge on any atom is 0.307 e.